The maximum Gasteiger partial charge on any atom is 0.253 e. The Kier molecular flexibility index (Phi) is 6.55. The molecule has 154 valence electrons. The van der Waals surface area contributed by atoms with E-state index in [2.05, 4.69) is 39.1 Å². The Balaban J connectivity index is 1.67. The van der Waals surface area contributed by atoms with Crippen LogP contribution >= 0.6 is 11.3 Å². The molecule has 1 atom stereocenters. The predicted octanol–water partition coefficient (Wildman–Crippen LogP) is 3.36. The highest BCUT2D eigenvalue weighted by Crippen LogP contribution is 2.24. The van der Waals surface area contributed by atoms with Crippen LogP contribution in [0.2, 0.25) is 0 Å². The van der Waals surface area contributed by atoms with Crippen LogP contribution in [0.3, 0.4) is 0 Å². The van der Waals surface area contributed by atoms with Crippen molar-refractivity contribution < 1.29 is 0 Å². The largest absolute Gasteiger partial charge is 0.378 e. The quantitative estimate of drug-likeness (QED) is 0.501. The Labute approximate surface area is 176 Å². The van der Waals surface area contributed by atoms with Crippen molar-refractivity contribution in [2.45, 2.75) is 38.3 Å². The number of thiophene rings is 1. The highest BCUT2D eigenvalue weighted by atomic mass is 32.1. The summed E-state index contributed by atoms with van der Waals surface area (Å²) in [6.45, 7) is 4.68. The summed E-state index contributed by atoms with van der Waals surface area (Å²) < 4.78 is 0. The number of rotatable bonds is 10. The van der Waals surface area contributed by atoms with Gasteiger partial charge in [0, 0.05) is 18.1 Å². The molecule has 0 radical (unpaired) electrons. The van der Waals surface area contributed by atoms with Gasteiger partial charge in [0.05, 0.1) is 0 Å². The molecular formula is C23H29N3O2S. The Morgan fingerprint density at radius 1 is 1.00 bits per heavy atom. The van der Waals surface area contributed by atoms with Crippen molar-refractivity contribution in [3.05, 3.63) is 78.7 Å². The second-order valence-corrected chi connectivity index (χ2v) is 9.19. The fourth-order valence-corrected chi connectivity index (χ4v) is 4.18. The molecule has 5 nitrogen and oxygen atoms in total. The number of anilines is 2. The average Bonchev–Trinajstić information content (AvgIpc) is 3.18. The molecule has 0 amide bonds. The zero-order valence-corrected chi connectivity index (χ0v) is 18.3. The highest BCUT2D eigenvalue weighted by Gasteiger charge is 2.28. The smallest absolute Gasteiger partial charge is 0.253 e. The van der Waals surface area contributed by atoms with Gasteiger partial charge in [-0.3, -0.25) is 9.59 Å². The van der Waals surface area contributed by atoms with Crippen molar-refractivity contribution in [2.24, 2.45) is 0 Å². The van der Waals surface area contributed by atoms with Gasteiger partial charge in [0.2, 0.25) is 0 Å². The van der Waals surface area contributed by atoms with Crippen molar-refractivity contribution >= 4 is 22.7 Å². The van der Waals surface area contributed by atoms with E-state index in [4.69, 9.17) is 0 Å². The highest BCUT2D eigenvalue weighted by molar-refractivity contribution is 7.07. The third-order valence-corrected chi connectivity index (χ3v) is 5.89. The van der Waals surface area contributed by atoms with Crippen LogP contribution in [0.15, 0.2) is 56.7 Å². The molecule has 0 aliphatic heterocycles. The minimum atomic E-state index is -0.435. The first-order chi connectivity index (χ1) is 13.8. The molecule has 0 spiro atoms. The van der Waals surface area contributed by atoms with Crippen LogP contribution in [-0.2, 0) is 12.8 Å². The summed E-state index contributed by atoms with van der Waals surface area (Å²) in [5.74, 6) is 0. The van der Waals surface area contributed by atoms with E-state index < -0.39 is 10.9 Å². The van der Waals surface area contributed by atoms with E-state index in [9.17, 15) is 9.59 Å². The molecule has 29 heavy (non-hydrogen) atoms. The monoisotopic (exact) mass is 411 g/mol. The lowest BCUT2D eigenvalue weighted by Crippen LogP contribution is -2.45. The van der Waals surface area contributed by atoms with Crippen molar-refractivity contribution in [1.82, 2.24) is 4.90 Å². The molecule has 3 rings (SSSR count). The van der Waals surface area contributed by atoms with Crippen LogP contribution in [0, 0.1) is 0 Å². The van der Waals surface area contributed by atoms with Gasteiger partial charge >= 0.3 is 0 Å². The SMILES string of the molecule is CN(C)[C@@H](CNc1c(NC(C)(C)Cc2ccsc2)c(=O)c1=O)Cc1ccccc1. The molecule has 2 N–H and O–H groups in total. The Bertz CT molecular complexity index is 987. The zero-order chi connectivity index (χ0) is 21.0. The van der Waals surface area contributed by atoms with Gasteiger partial charge in [-0.2, -0.15) is 11.3 Å². The lowest BCUT2D eigenvalue weighted by atomic mass is 9.95. The Morgan fingerprint density at radius 2 is 1.69 bits per heavy atom. The maximum absolute atomic E-state index is 12.2. The normalized spacial score (nSPS) is 13.0. The summed E-state index contributed by atoms with van der Waals surface area (Å²) in [4.78, 5) is 26.5. The summed E-state index contributed by atoms with van der Waals surface area (Å²) in [6.07, 6.45) is 1.64. The van der Waals surface area contributed by atoms with E-state index in [-0.39, 0.29) is 11.6 Å². The minimum absolute atomic E-state index is 0.202. The molecule has 0 aliphatic rings. The van der Waals surface area contributed by atoms with Gasteiger partial charge in [-0.15, -0.1) is 0 Å². The second-order valence-electron chi connectivity index (χ2n) is 8.41. The molecule has 0 saturated heterocycles. The van der Waals surface area contributed by atoms with E-state index in [1.807, 2.05) is 51.5 Å². The maximum atomic E-state index is 12.2. The van der Waals surface area contributed by atoms with E-state index in [0.717, 1.165) is 12.8 Å². The third kappa shape index (κ3) is 5.34. The summed E-state index contributed by atoms with van der Waals surface area (Å²) in [5, 5.41) is 10.7. The van der Waals surface area contributed by atoms with E-state index in [1.54, 1.807) is 11.3 Å². The van der Waals surface area contributed by atoms with Gasteiger partial charge in [-0.25, -0.2) is 0 Å². The minimum Gasteiger partial charge on any atom is -0.378 e. The van der Waals surface area contributed by atoms with Crippen molar-refractivity contribution in [2.75, 3.05) is 31.3 Å². The second kappa shape index (κ2) is 8.93. The number of benzene rings is 1. The van der Waals surface area contributed by atoms with Crippen LogP contribution in [0.1, 0.15) is 25.0 Å². The molecule has 0 aliphatic carbocycles. The van der Waals surface area contributed by atoms with Crippen LogP contribution in [-0.4, -0.2) is 37.1 Å². The number of likely N-dealkylation sites (N-methyl/N-ethyl adjacent to an activating group) is 1. The van der Waals surface area contributed by atoms with E-state index in [1.165, 1.54) is 11.1 Å². The molecule has 0 bridgehead atoms. The molecule has 2 aromatic carbocycles. The Hall–Kier alpha value is -2.44. The van der Waals surface area contributed by atoms with Gasteiger partial charge < -0.3 is 15.5 Å². The van der Waals surface area contributed by atoms with Crippen molar-refractivity contribution in [3.8, 4) is 0 Å². The van der Waals surface area contributed by atoms with Crippen LogP contribution in [0.5, 0.6) is 0 Å². The number of nitrogens with one attached hydrogen (secondary N) is 2. The topological polar surface area (TPSA) is 61.4 Å². The third-order valence-electron chi connectivity index (χ3n) is 5.16. The van der Waals surface area contributed by atoms with Crippen molar-refractivity contribution in [3.63, 3.8) is 0 Å². The van der Waals surface area contributed by atoms with Crippen LogP contribution in [0.25, 0.3) is 0 Å². The molecule has 0 fully saturated rings. The first-order valence-electron chi connectivity index (χ1n) is 9.83. The zero-order valence-electron chi connectivity index (χ0n) is 17.5. The van der Waals surface area contributed by atoms with Crippen LogP contribution in [0.4, 0.5) is 11.4 Å². The van der Waals surface area contributed by atoms with Crippen LogP contribution < -0.4 is 21.5 Å². The number of nitrogens with zero attached hydrogens (tertiary/aromatic N) is 1. The molecular weight excluding hydrogens is 382 g/mol. The summed E-state index contributed by atoms with van der Waals surface area (Å²) in [5.41, 5.74) is 2.08. The summed E-state index contributed by atoms with van der Waals surface area (Å²) in [7, 11) is 4.06. The average molecular weight is 412 g/mol. The fourth-order valence-electron chi connectivity index (χ4n) is 3.51. The molecule has 0 saturated carbocycles. The molecule has 6 heteroatoms. The standard InChI is InChI=1S/C23H29N3O2S/c1-23(2,13-17-10-11-29-15-17)25-20-19(21(27)22(20)28)24-14-18(26(3)4)12-16-8-6-5-7-9-16/h5-11,15,18,24-25H,12-14H2,1-4H3/t18-/m1/s1. The summed E-state index contributed by atoms with van der Waals surface area (Å²) in [6, 6.07) is 12.6. The van der Waals surface area contributed by atoms with Gasteiger partial charge in [-0.05, 0) is 68.7 Å². The first kappa shape index (κ1) is 21.3. The molecule has 1 heterocycles. The lowest BCUT2D eigenvalue weighted by molar-refractivity contribution is 0.303. The first-order valence-corrected chi connectivity index (χ1v) is 10.8. The molecule has 3 aromatic rings. The number of hydrogen-bond donors (Lipinski definition) is 2. The summed E-state index contributed by atoms with van der Waals surface area (Å²) >= 11 is 1.66. The lowest BCUT2D eigenvalue weighted by Gasteiger charge is -2.30. The fraction of sp³-hybridized carbons (Fsp3) is 0.391. The predicted molar refractivity (Wildman–Crippen MR) is 123 cm³/mol. The van der Waals surface area contributed by atoms with E-state index >= 15 is 0 Å². The Morgan fingerprint density at radius 3 is 2.31 bits per heavy atom. The van der Waals surface area contributed by atoms with E-state index in [0.29, 0.717) is 17.9 Å². The van der Waals surface area contributed by atoms with Gasteiger partial charge in [0.25, 0.3) is 10.9 Å². The van der Waals surface area contributed by atoms with Gasteiger partial charge in [0.1, 0.15) is 11.4 Å². The van der Waals surface area contributed by atoms with Crippen molar-refractivity contribution in [1.29, 1.82) is 0 Å². The number of hydrogen-bond acceptors (Lipinski definition) is 6. The van der Waals surface area contributed by atoms with Gasteiger partial charge in [0.15, 0.2) is 0 Å². The van der Waals surface area contributed by atoms with Gasteiger partial charge in [-0.1, -0.05) is 30.3 Å². The molecule has 1 aromatic heterocycles. The molecule has 0 unspecified atom stereocenters.